The second-order valence-corrected chi connectivity index (χ2v) is 2.59. The number of hydrogen-bond donors (Lipinski definition) is 1. The number of nitrogens with zero attached hydrogens (tertiary/aromatic N) is 1. The van der Waals surface area contributed by atoms with E-state index in [0.29, 0.717) is 0 Å². The van der Waals surface area contributed by atoms with Crippen LogP contribution in [0.1, 0.15) is 12.1 Å². The van der Waals surface area contributed by atoms with Crippen LogP contribution in [0.3, 0.4) is 0 Å². The molecule has 0 unspecified atom stereocenters. The van der Waals surface area contributed by atoms with E-state index < -0.39 is 17.9 Å². The van der Waals surface area contributed by atoms with Crippen LogP contribution < -0.4 is 4.74 Å². The number of aromatic nitrogens is 1. The second kappa shape index (κ2) is 3.74. The standard InChI is InChI=1S/C7H6ClF2NO2/c1-13-7-3(8)2-4(12)5(11-7)6(9)10/h2,6,12H,1H3. The van der Waals surface area contributed by atoms with Gasteiger partial charge in [-0.1, -0.05) is 11.6 Å². The van der Waals surface area contributed by atoms with Gasteiger partial charge in [-0.25, -0.2) is 13.8 Å². The molecule has 0 atom stereocenters. The van der Waals surface area contributed by atoms with Crippen LogP contribution >= 0.6 is 11.6 Å². The van der Waals surface area contributed by atoms with E-state index in [9.17, 15) is 8.78 Å². The van der Waals surface area contributed by atoms with Gasteiger partial charge in [-0.05, 0) is 0 Å². The average Bonchev–Trinajstić information content (AvgIpc) is 2.03. The first kappa shape index (κ1) is 9.98. The Kier molecular flexibility index (Phi) is 2.87. The zero-order valence-corrected chi connectivity index (χ0v) is 7.35. The van der Waals surface area contributed by atoms with E-state index in [1.54, 1.807) is 0 Å². The zero-order valence-electron chi connectivity index (χ0n) is 6.59. The molecule has 0 aliphatic heterocycles. The number of halogens is 3. The lowest BCUT2D eigenvalue weighted by Gasteiger charge is -2.06. The highest BCUT2D eigenvalue weighted by molar-refractivity contribution is 6.31. The number of ether oxygens (including phenoxy) is 1. The number of methoxy groups -OCH3 is 1. The van der Waals surface area contributed by atoms with Crippen molar-refractivity contribution >= 4 is 11.6 Å². The van der Waals surface area contributed by atoms with Gasteiger partial charge in [-0.3, -0.25) is 0 Å². The van der Waals surface area contributed by atoms with Gasteiger partial charge in [-0.2, -0.15) is 0 Å². The lowest BCUT2D eigenvalue weighted by Crippen LogP contribution is -1.95. The van der Waals surface area contributed by atoms with Crippen LogP contribution in [0.25, 0.3) is 0 Å². The highest BCUT2D eigenvalue weighted by Crippen LogP contribution is 2.33. The fourth-order valence-corrected chi connectivity index (χ4v) is 1.00. The second-order valence-electron chi connectivity index (χ2n) is 2.18. The molecule has 0 fully saturated rings. The molecule has 0 bridgehead atoms. The average molecular weight is 210 g/mol. The summed E-state index contributed by atoms with van der Waals surface area (Å²) in [5.41, 5.74) is -0.735. The van der Waals surface area contributed by atoms with E-state index in [0.717, 1.165) is 6.07 Å². The predicted molar refractivity (Wildman–Crippen MR) is 42.4 cm³/mol. The molecular formula is C7H6ClF2NO2. The summed E-state index contributed by atoms with van der Waals surface area (Å²) in [4.78, 5) is 3.34. The lowest BCUT2D eigenvalue weighted by atomic mass is 10.3. The fraction of sp³-hybridized carbons (Fsp3) is 0.286. The number of pyridine rings is 1. The fourth-order valence-electron chi connectivity index (χ4n) is 0.780. The van der Waals surface area contributed by atoms with Crippen LogP contribution in [0.15, 0.2) is 6.07 Å². The van der Waals surface area contributed by atoms with Crippen molar-refractivity contribution in [2.45, 2.75) is 6.43 Å². The molecule has 6 heteroatoms. The van der Waals surface area contributed by atoms with Crippen molar-refractivity contribution in [1.29, 1.82) is 0 Å². The Hall–Kier alpha value is -1.10. The Bertz CT molecular complexity index is 320. The van der Waals surface area contributed by atoms with Crippen molar-refractivity contribution in [2.24, 2.45) is 0 Å². The summed E-state index contributed by atoms with van der Waals surface area (Å²) >= 11 is 5.51. The number of aromatic hydroxyl groups is 1. The first-order chi connectivity index (χ1) is 6.06. The van der Waals surface area contributed by atoms with Crippen molar-refractivity contribution in [3.05, 3.63) is 16.8 Å². The molecule has 0 saturated carbocycles. The predicted octanol–water partition coefficient (Wildman–Crippen LogP) is 2.39. The minimum atomic E-state index is -2.86. The van der Waals surface area contributed by atoms with Crippen molar-refractivity contribution in [3.63, 3.8) is 0 Å². The maximum atomic E-state index is 12.2. The summed E-state index contributed by atoms with van der Waals surface area (Å²) in [6, 6.07) is 0.967. The van der Waals surface area contributed by atoms with Gasteiger partial charge in [0.15, 0.2) is 5.69 Å². The van der Waals surface area contributed by atoms with Crippen LogP contribution in [-0.4, -0.2) is 17.2 Å². The van der Waals surface area contributed by atoms with Crippen molar-refractivity contribution in [2.75, 3.05) is 7.11 Å². The molecule has 0 saturated heterocycles. The lowest BCUT2D eigenvalue weighted by molar-refractivity contribution is 0.140. The molecular weight excluding hydrogens is 204 g/mol. The van der Waals surface area contributed by atoms with Gasteiger partial charge in [-0.15, -0.1) is 0 Å². The molecule has 0 spiro atoms. The van der Waals surface area contributed by atoms with Crippen LogP contribution in [0.2, 0.25) is 5.02 Å². The van der Waals surface area contributed by atoms with E-state index in [1.165, 1.54) is 7.11 Å². The maximum absolute atomic E-state index is 12.2. The Morgan fingerprint density at radius 2 is 2.23 bits per heavy atom. The van der Waals surface area contributed by atoms with Crippen LogP contribution in [0.5, 0.6) is 11.6 Å². The molecule has 0 aliphatic carbocycles. The molecule has 1 N–H and O–H groups in total. The molecule has 13 heavy (non-hydrogen) atoms. The van der Waals surface area contributed by atoms with Crippen LogP contribution in [0.4, 0.5) is 8.78 Å². The molecule has 0 aromatic carbocycles. The van der Waals surface area contributed by atoms with Gasteiger partial charge in [0.2, 0.25) is 5.88 Å². The molecule has 0 radical (unpaired) electrons. The Labute approximate surface area is 77.9 Å². The first-order valence-electron chi connectivity index (χ1n) is 3.27. The molecule has 0 amide bonds. The van der Waals surface area contributed by atoms with Gasteiger partial charge in [0.05, 0.1) is 7.11 Å². The van der Waals surface area contributed by atoms with Gasteiger partial charge < -0.3 is 9.84 Å². The third-order valence-corrected chi connectivity index (χ3v) is 1.62. The smallest absolute Gasteiger partial charge is 0.284 e. The number of alkyl halides is 2. The summed E-state index contributed by atoms with van der Waals surface area (Å²) < 4.78 is 28.9. The summed E-state index contributed by atoms with van der Waals surface area (Å²) in [6.45, 7) is 0. The molecule has 1 aromatic rings. The summed E-state index contributed by atoms with van der Waals surface area (Å²) in [5, 5.41) is 8.99. The molecule has 72 valence electrons. The van der Waals surface area contributed by atoms with E-state index in [4.69, 9.17) is 16.7 Å². The monoisotopic (exact) mass is 209 g/mol. The van der Waals surface area contributed by atoms with Crippen molar-refractivity contribution < 1.29 is 18.6 Å². The third-order valence-electron chi connectivity index (χ3n) is 1.35. The van der Waals surface area contributed by atoms with Crippen molar-refractivity contribution in [3.8, 4) is 11.6 Å². The first-order valence-corrected chi connectivity index (χ1v) is 3.65. The Morgan fingerprint density at radius 1 is 1.62 bits per heavy atom. The molecule has 3 nitrogen and oxygen atoms in total. The highest BCUT2D eigenvalue weighted by atomic mass is 35.5. The Morgan fingerprint density at radius 3 is 2.69 bits per heavy atom. The summed E-state index contributed by atoms with van der Waals surface area (Å²) in [7, 11) is 1.25. The minimum absolute atomic E-state index is 0.00981. The number of rotatable bonds is 2. The van der Waals surface area contributed by atoms with Crippen LogP contribution in [0, 0.1) is 0 Å². The topological polar surface area (TPSA) is 42.4 Å². The quantitative estimate of drug-likeness (QED) is 0.813. The Balaban J connectivity index is 3.22. The SMILES string of the molecule is COc1nc(C(F)F)c(O)cc1Cl. The maximum Gasteiger partial charge on any atom is 0.284 e. The molecule has 1 rings (SSSR count). The van der Waals surface area contributed by atoms with Gasteiger partial charge in [0.25, 0.3) is 6.43 Å². The van der Waals surface area contributed by atoms with Gasteiger partial charge >= 0.3 is 0 Å². The molecule has 1 aromatic heterocycles. The van der Waals surface area contributed by atoms with Gasteiger partial charge in [0, 0.05) is 6.07 Å². The number of hydrogen-bond acceptors (Lipinski definition) is 3. The van der Waals surface area contributed by atoms with Gasteiger partial charge in [0.1, 0.15) is 10.8 Å². The molecule has 1 heterocycles. The van der Waals surface area contributed by atoms with E-state index in [-0.39, 0.29) is 10.9 Å². The van der Waals surface area contributed by atoms with Crippen molar-refractivity contribution in [1.82, 2.24) is 4.98 Å². The van der Waals surface area contributed by atoms with Crippen LogP contribution in [-0.2, 0) is 0 Å². The normalized spacial score (nSPS) is 10.5. The minimum Gasteiger partial charge on any atom is -0.506 e. The zero-order chi connectivity index (χ0) is 10.0. The van der Waals surface area contributed by atoms with E-state index in [2.05, 4.69) is 9.72 Å². The third kappa shape index (κ3) is 1.98. The van der Waals surface area contributed by atoms with E-state index in [1.807, 2.05) is 0 Å². The summed E-state index contributed by atoms with van der Waals surface area (Å²) in [6.07, 6.45) is -2.86. The molecule has 0 aliphatic rings. The highest BCUT2D eigenvalue weighted by Gasteiger charge is 2.18. The summed E-state index contributed by atoms with van der Waals surface area (Å²) in [5.74, 6) is -0.768. The van der Waals surface area contributed by atoms with E-state index >= 15 is 0 Å². The largest absolute Gasteiger partial charge is 0.506 e.